The lowest BCUT2D eigenvalue weighted by molar-refractivity contribution is -0.141. The highest BCUT2D eigenvalue weighted by molar-refractivity contribution is 5.89. The van der Waals surface area contributed by atoms with E-state index in [1.54, 1.807) is 0 Å². The molecule has 178 valence electrons. The number of hydrogen-bond acceptors (Lipinski definition) is 2. The van der Waals surface area contributed by atoms with Crippen LogP contribution in [0.25, 0.3) is 10.8 Å². The van der Waals surface area contributed by atoms with Gasteiger partial charge in [0.1, 0.15) is 6.04 Å². The van der Waals surface area contributed by atoms with Gasteiger partial charge in [-0.25, -0.2) is 0 Å². The molecule has 1 atom stereocenters. The molecule has 1 saturated carbocycles. The van der Waals surface area contributed by atoms with Gasteiger partial charge < -0.3 is 10.2 Å². The molecule has 3 aromatic carbocycles. The van der Waals surface area contributed by atoms with Gasteiger partial charge >= 0.3 is 0 Å². The summed E-state index contributed by atoms with van der Waals surface area (Å²) >= 11 is 0. The molecule has 34 heavy (non-hydrogen) atoms. The molecule has 0 radical (unpaired) electrons. The van der Waals surface area contributed by atoms with Crippen LogP contribution in [0.15, 0.2) is 66.7 Å². The van der Waals surface area contributed by atoms with Crippen molar-refractivity contribution in [2.24, 2.45) is 0 Å². The molecule has 0 saturated heterocycles. The fourth-order valence-corrected chi connectivity index (χ4v) is 5.15. The smallest absolute Gasteiger partial charge is 0.243 e. The summed E-state index contributed by atoms with van der Waals surface area (Å²) in [5.41, 5.74) is 3.40. The maximum Gasteiger partial charge on any atom is 0.243 e. The quantitative estimate of drug-likeness (QED) is 0.433. The van der Waals surface area contributed by atoms with Crippen LogP contribution in [0, 0.1) is 6.92 Å². The topological polar surface area (TPSA) is 49.4 Å². The molecule has 0 bridgehead atoms. The Morgan fingerprint density at radius 3 is 2.38 bits per heavy atom. The maximum absolute atomic E-state index is 13.7. The molecule has 1 aliphatic rings. The molecule has 0 aromatic heterocycles. The van der Waals surface area contributed by atoms with Crippen molar-refractivity contribution < 1.29 is 9.59 Å². The van der Waals surface area contributed by atoms with Gasteiger partial charge in [-0.3, -0.25) is 9.59 Å². The van der Waals surface area contributed by atoms with Crippen LogP contribution >= 0.6 is 0 Å². The molecule has 4 nitrogen and oxygen atoms in total. The second-order valence-electron chi connectivity index (χ2n) is 9.50. The third-order valence-corrected chi connectivity index (χ3v) is 7.18. The van der Waals surface area contributed by atoms with Gasteiger partial charge in [-0.1, -0.05) is 86.5 Å². The Balaban J connectivity index is 1.55. The Bertz CT molecular complexity index is 1130. The second kappa shape index (κ2) is 11.3. The van der Waals surface area contributed by atoms with Crippen LogP contribution in [-0.2, 0) is 22.6 Å². The fourth-order valence-electron chi connectivity index (χ4n) is 5.15. The number of benzene rings is 3. The summed E-state index contributed by atoms with van der Waals surface area (Å²) in [7, 11) is 0. The van der Waals surface area contributed by atoms with Crippen LogP contribution in [0.1, 0.15) is 62.1 Å². The molecule has 1 aliphatic carbocycles. The van der Waals surface area contributed by atoms with Gasteiger partial charge in [-0.15, -0.1) is 0 Å². The van der Waals surface area contributed by atoms with Gasteiger partial charge in [-0.05, 0) is 60.1 Å². The highest BCUT2D eigenvalue weighted by atomic mass is 16.2. The molecule has 0 spiro atoms. The summed E-state index contributed by atoms with van der Waals surface area (Å²) in [4.78, 5) is 28.8. The molecular formula is C30H36N2O2. The number of carbonyl (C=O) groups excluding carboxylic acids is 2. The minimum Gasteiger partial charge on any atom is -0.352 e. The van der Waals surface area contributed by atoms with Gasteiger partial charge in [0.15, 0.2) is 0 Å². The van der Waals surface area contributed by atoms with Gasteiger partial charge in [-0.2, -0.15) is 0 Å². The number of rotatable bonds is 9. The number of fused-ring (bicyclic) bond motifs is 1. The minimum atomic E-state index is -0.458. The molecule has 0 aliphatic heterocycles. The highest BCUT2D eigenvalue weighted by Gasteiger charge is 2.30. The molecule has 0 heterocycles. The first kappa shape index (κ1) is 24.0. The summed E-state index contributed by atoms with van der Waals surface area (Å²) in [6.45, 7) is 4.52. The Labute approximate surface area is 203 Å². The first-order valence-electron chi connectivity index (χ1n) is 12.7. The van der Waals surface area contributed by atoms with E-state index in [0.717, 1.165) is 24.0 Å². The molecular weight excluding hydrogens is 420 g/mol. The maximum atomic E-state index is 13.7. The van der Waals surface area contributed by atoms with E-state index >= 15 is 0 Å². The third kappa shape index (κ3) is 5.67. The van der Waals surface area contributed by atoms with Gasteiger partial charge in [0, 0.05) is 19.0 Å². The molecule has 1 fully saturated rings. The van der Waals surface area contributed by atoms with Crippen LogP contribution < -0.4 is 5.32 Å². The molecule has 1 unspecified atom stereocenters. The predicted molar refractivity (Wildman–Crippen MR) is 138 cm³/mol. The lowest BCUT2D eigenvalue weighted by atomic mass is 10.00. The zero-order chi connectivity index (χ0) is 23.9. The largest absolute Gasteiger partial charge is 0.352 e. The first-order valence-corrected chi connectivity index (χ1v) is 12.7. The number of hydrogen-bond donors (Lipinski definition) is 1. The number of amides is 2. The van der Waals surface area contributed by atoms with Crippen molar-refractivity contribution in [1.82, 2.24) is 10.2 Å². The zero-order valence-corrected chi connectivity index (χ0v) is 20.4. The zero-order valence-electron chi connectivity index (χ0n) is 20.4. The van der Waals surface area contributed by atoms with Crippen LogP contribution in [-0.4, -0.2) is 28.8 Å². The summed E-state index contributed by atoms with van der Waals surface area (Å²) < 4.78 is 0. The predicted octanol–water partition coefficient (Wildman–Crippen LogP) is 5.95. The molecule has 4 rings (SSSR count). The minimum absolute atomic E-state index is 0.0125. The summed E-state index contributed by atoms with van der Waals surface area (Å²) in [5, 5.41) is 5.61. The Morgan fingerprint density at radius 1 is 0.941 bits per heavy atom. The SMILES string of the molecule is CCC(C(=O)NC1CCCC1)N(Cc1ccccc1C)C(=O)CCc1cccc2ccccc12. The average molecular weight is 457 g/mol. The first-order chi connectivity index (χ1) is 16.6. The molecule has 3 aromatic rings. The van der Waals surface area contributed by atoms with Crippen LogP contribution in [0.2, 0.25) is 0 Å². The van der Waals surface area contributed by atoms with Crippen molar-refractivity contribution in [3.63, 3.8) is 0 Å². The van der Waals surface area contributed by atoms with Crippen LogP contribution in [0.3, 0.4) is 0 Å². The number of nitrogens with zero attached hydrogens (tertiary/aromatic N) is 1. The monoisotopic (exact) mass is 456 g/mol. The summed E-state index contributed by atoms with van der Waals surface area (Å²) in [5.74, 6) is 0.0195. The number of nitrogens with one attached hydrogen (secondary N) is 1. The Kier molecular flexibility index (Phi) is 7.99. The molecule has 4 heteroatoms. The van der Waals surface area contributed by atoms with Crippen molar-refractivity contribution >= 4 is 22.6 Å². The van der Waals surface area contributed by atoms with Crippen LogP contribution in [0.4, 0.5) is 0 Å². The summed E-state index contributed by atoms with van der Waals surface area (Å²) in [6.07, 6.45) is 6.05. The lowest BCUT2D eigenvalue weighted by Gasteiger charge is -2.32. The average Bonchev–Trinajstić information content (AvgIpc) is 3.36. The van der Waals surface area contributed by atoms with Gasteiger partial charge in [0.05, 0.1) is 0 Å². The Hall–Kier alpha value is -3.14. The van der Waals surface area contributed by atoms with E-state index in [9.17, 15) is 9.59 Å². The van der Waals surface area contributed by atoms with E-state index in [1.807, 2.05) is 36.1 Å². The second-order valence-corrected chi connectivity index (χ2v) is 9.50. The number of carbonyl (C=O) groups is 2. The standard InChI is InChI=1S/C30H36N2O2/c1-3-28(30(34)31-26-16-7-8-17-26)32(21-25-13-5-4-11-22(25)2)29(33)20-19-24-15-10-14-23-12-6-9-18-27(23)24/h4-6,9-15,18,26,28H,3,7-8,16-17,19-21H2,1-2H3,(H,31,34). The fraction of sp³-hybridized carbons (Fsp3) is 0.400. The summed E-state index contributed by atoms with van der Waals surface area (Å²) in [6, 6.07) is 22.5. The number of aryl methyl sites for hydroxylation is 2. The third-order valence-electron chi connectivity index (χ3n) is 7.18. The Morgan fingerprint density at radius 2 is 1.62 bits per heavy atom. The molecule has 1 N–H and O–H groups in total. The molecule has 2 amide bonds. The van der Waals surface area contributed by atoms with E-state index < -0.39 is 6.04 Å². The lowest BCUT2D eigenvalue weighted by Crippen LogP contribution is -2.51. The van der Waals surface area contributed by atoms with Crippen molar-refractivity contribution in [2.75, 3.05) is 0 Å². The van der Waals surface area contributed by atoms with Crippen molar-refractivity contribution in [2.45, 2.75) is 77.4 Å². The van der Waals surface area contributed by atoms with Crippen molar-refractivity contribution in [3.05, 3.63) is 83.4 Å². The van der Waals surface area contributed by atoms with E-state index in [4.69, 9.17) is 0 Å². The van der Waals surface area contributed by atoms with E-state index in [1.165, 1.54) is 29.2 Å². The van der Waals surface area contributed by atoms with E-state index in [0.29, 0.717) is 25.8 Å². The van der Waals surface area contributed by atoms with E-state index in [2.05, 4.69) is 54.7 Å². The normalized spacial score (nSPS) is 14.8. The van der Waals surface area contributed by atoms with Gasteiger partial charge in [0.2, 0.25) is 11.8 Å². The van der Waals surface area contributed by atoms with E-state index in [-0.39, 0.29) is 17.9 Å². The van der Waals surface area contributed by atoms with Crippen LogP contribution in [0.5, 0.6) is 0 Å². The van der Waals surface area contributed by atoms with Gasteiger partial charge in [0.25, 0.3) is 0 Å². The highest BCUT2D eigenvalue weighted by Crippen LogP contribution is 2.23. The van der Waals surface area contributed by atoms with Crippen molar-refractivity contribution in [1.29, 1.82) is 0 Å². The van der Waals surface area contributed by atoms with Crippen molar-refractivity contribution in [3.8, 4) is 0 Å².